The van der Waals surface area contributed by atoms with Crippen molar-refractivity contribution in [1.29, 1.82) is 0 Å². The normalized spacial score (nSPS) is 13.0. The number of pyridine rings is 1. The summed E-state index contributed by atoms with van der Waals surface area (Å²) in [6, 6.07) is 7.81. The van der Waals surface area contributed by atoms with Crippen LogP contribution in [-0.2, 0) is 0 Å². The fourth-order valence-electron chi connectivity index (χ4n) is 1.51. The summed E-state index contributed by atoms with van der Waals surface area (Å²) in [5, 5.41) is 1.04. The van der Waals surface area contributed by atoms with Crippen LogP contribution >= 0.6 is 0 Å². The standard InChI is InChI=1S/C11H13N3/c1-7(12)9-5-8-3-2-4-14-11(8)10(13)6-9/h2-7H,12-13H2,1H3. The number of nitrogens with two attached hydrogens (primary N) is 2. The van der Waals surface area contributed by atoms with Crippen molar-refractivity contribution in [3.63, 3.8) is 0 Å². The maximum absolute atomic E-state index is 5.88. The Labute approximate surface area is 82.7 Å². The Bertz CT molecular complexity index is 463. The molecule has 2 aromatic rings. The lowest BCUT2D eigenvalue weighted by atomic mass is 10.0. The molecule has 3 heteroatoms. The van der Waals surface area contributed by atoms with Crippen LogP contribution < -0.4 is 11.5 Å². The molecule has 1 unspecified atom stereocenters. The van der Waals surface area contributed by atoms with Crippen molar-refractivity contribution in [1.82, 2.24) is 4.98 Å². The van der Waals surface area contributed by atoms with Crippen LogP contribution in [0.15, 0.2) is 30.5 Å². The van der Waals surface area contributed by atoms with E-state index in [-0.39, 0.29) is 6.04 Å². The van der Waals surface area contributed by atoms with Gasteiger partial charge in [0, 0.05) is 17.6 Å². The van der Waals surface area contributed by atoms with E-state index in [0.29, 0.717) is 5.69 Å². The first-order valence-electron chi connectivity index (χ1n) is 4.58. The molecule has 2 rings (SSSR count). The second-order valence-electron chi connectivity index (χ2n) is 3.47. The summed E-state index contributed by atoms with van der Waals surface area (Å²) in [6.07, 6.45) is 1.74. The molecule has 0 bridgehead atoms. The minimum absolute atomic E-state index is 0.00176. The van der Waals surface area contributed by atoms with Crippen molar-refractivity contribution in [2.45, 2.75) is 13.0 Å². The lowest BCUT2D eigenvalue weighted by Crippen LogP contribution is -2.05. The highest BCUT2D eigenvalue weighted by Crippen LogP contribution is 2.23. The number of nitrogens with zero attached hydrogens (tertiary/aromatic N) is 1. The predicted octanol–water partition coefficient (Wildman–Crippen LogP) is 1.84. The first-order chi connectivity index (χ1) is 6.68. The number of nitrogen functional groups attached to an aromatic ring is 1. The highest BCUT2D eigenvalue weighted by Gasteiger charge is 2.04. The first kappa shape index (κ1) is 8.97. The zero-order valence-corrected chi connectivity index (χ0v) is 8.07. The molecular formula is C11H13N3. The van der Waals surface area contributed by atoms with Gasteiger partial charge in [0.15, 0.2) is 0 Å². The van der Waals surface area contributed by atoms with Crippen LogP contribution in [0.4, 0.5) is 5.69 Å². The molecule has 14 heavy (non-hydrogen) atoms. The molecule has 0 aliphatic rings. The van der Waals surface area contributed by atoms with Gasteiger partial charge < -0.3 is 11.5 Å². The van der Waals surface area contributed by atoms with E-state index in [1.54, 1.807) is 6.20 Å². The maximum atomic E-state index is 5.88. The Balaban J connectivity index is 2.72. The Morgan fingerprint density at radius 2 is 2.14 bits per heavy atom. The first-order valence-corrected chi connectivity index (χ1v) is 4.58. The van der Waals surface area contributed by atoms with Crippen molar-refractivity contribution in [3.05, 3.63) is 36.0 Å². The van der Waals surface area contributed by atoms with Crippen LogP contribution in [0.2, 0.25) is 0 Å². The van der Waals surface area contributed by atoms with E-state index >= 15 is 0 Å². The maximum Gasteiger partial charge on any atom is 0.0931 e. The summed E-state index contributed by atoms with van der Waals surface area (Å²) in [4.78, 5) is 4.22. The van der Waals surface area contributed by atoms with Gasteiger partial charge in [0.25, 0.3) is 0 Å². The summed E-state index contributed by atoms with van der Waals surface area (Å²) in [5.74, 6) is 0. The molecule has 0 spiro atoms. The van der Waals surface area contributed by atoms with Crippen molar-refractivity contribution < 1.29 is 0 Å². The molecule has 0 amide bonds. The molecule has 0 fully saturated rings. The van der Waals surface area contributed by atoms with E-state index in [0.717, 1.165) is 16.5 Å². The topological polar surface area (TPSA) is 64.9 Å². The molecule has 1 atom stereocenters. The molecule has 1 aromatic heterocycles. The van der Waals surface area contributed by atoms with Gasteiger partial charge in [0.2, 0.25) is 0 Å². The number of rotatable bonds is 1. The summed E-state index contributed by atoms with van der Waals surface area (Å²) in [6.45, 7) is 1.94. The van der Waals surface area contributed by atoms with Crippen molar-refractivity contribution in [2.75, 3.05) is 5.73 Å². The Hall–Kier alpha value is -1.61. The number of anilines is 1. The average molecular weight is 187 g/mol. The molecule has 0 saturated heterocycles. The largest absolute Gasteiger partial charge is 0.397 e. The van der Waals surface area contributed by atoms with Gasteiger partial charge in [-0.3, -0.25) is 4.98 Å². The summed E-state index contributed by atoms with van der Waals surface area (Å²) in [7, 11) is 0. The minimum atomic E-state index is 0.00176. The van der Waals surface area contributed by atoms with Gasteiger partial charge in [0.1, 0.15) is 0 Å². The van der Waals surface area contributed by atoms with Crippen LogP contribution in [0.3, 0.4) is 0 Å². The van der Waals surface area contributed by atoms with Crippen LogP contribution in [0.1, 0.15) is 18.5 Å². The molecule has 0 aliphatic heterocycles. The van der Waals surface area contributed by atoms with Gasteiger partial charge in [-0.25, -0.2) is 0 Å². The van der Waals surface area contributed by atoms with Crippen molar-refractivity contribution >= 4 is 16.6 Å². The third-order valence-electron chi connectivity index (χ3n) is 2.28. The van der Waals surface area contributed by atoms with Gasteiger partial charge in [0.05, 0.1) is 11.2 Å². The molecule has 0 saturated carbocycles. The van der Waals surface area contributed by atoms with Gasteiger partial charge >= 0.3 is 0 Å². The Kier molecular flexibility index (Phi) is 2.09. The summed E-state index contributed by atoms with van der Waals surface area (Å²) < 4.78 is 0. The fraction of sp³-hybridized carbons (Fsp3) is 0.182. The van der Waals surface area contributed by atoms with E-state index in [1.165, 1.54) is 0 Å². The van der Waals surface area contributed by atoms with Crippen LogP contribution in [0.25, 0.3) is 10.9 Å². The zero-order valence-electron chi connectivity index (χ0n) is 8.07. The SMILES string of the molecule is CC(N)c1cc(N)c2ncccc2c1. The monoisotopic (exact) mass is 187 g/mol. The Morgan fingerprint density at radius 3 is 2.86 bits per heavy atom. The number of fused-ring (bicyclic) bond motifs is 1. The summed E-state index contributed by atoms with van der Waals surface area (Å²) >= 11 is 0. The predicted molar refractivity (Wildman–Crippen MR) is 58.8 cm³/mol. The molecule has 1 heterocycles. The highest BCUT2D eigenvalue weighted by atomic mass is 14.7. The fourth-order valence-corrected chi connectivity index (χ4v) is 1.51. The zero-order chi connectivity index (χ0) is 10.1. The smallest absolute Gasteiger partial charge is 0.0931 e. The number of aromatic nitrogens is 1. The lowest BCUT2D eigenvalue weighted by molar-refractivity contribution is 0.820. The number of hydrogen-bond donors (Lipinski definition) is 2. The lowest BCUT2D eigenvalue weighted by Gasteiger charge is -2.08. The van der Waals surface area contributed by atoms with Gasteiger partial charge in [-0.2, -0.15) is 0 Å². The molecule has 0 radical (unpaired) electrons. The van der Waals surface area contributed by atoms with E-state index in [1.807, 2.05) is 31.2 Å². The number of hydrogen-bond acceptors (Lipinski definition) is 3. The third kappa shape index (κ3) is 1.42. The van der Waals surface area contributed by atoms with E-state index in [4.69, 9.17) is 11.5 Å². The quantitative estimate of drug-likeness (QED) is 0.669. The molecular weight excluding hydrogens is 174 g/mol. The molecule has 0 aliphatic carbocycles. The van der Waals surface area contributed by atoms with Gasteiger partial charge in [-0.1, -0.05) is 6.07 Å². The van der Waals surface area contributed by atoms with E-state index in [2.05, 4.69) is 4.98 Å². The molecule has 72 valence electrons. The second kappa shape index (κ2) is 3.27. The Morgan fingerprint density at radius 1 is 1.36 bits per heavy atom. The van der Waals surface area contributed by atoms with Crippen LogP contribution in [0, 0.1) is 0 Å². The van der Waals surface area contributed by atoms with E-state index in [9.17, 15) is 0 Å². The van der Waals surface area contributed by atoms with E-state index < -0.39 is 0 Å². The molecule has 1 aromatic carbocycles. The van der Waals surface area contributed by atoms with Crippen molar-refractivity contribution in [2.24, 2.45) is 5.73 Å². The number of benzene rings is 1. The second-order valence-corrected chi connectivity index (χ2v) is 3.47. The van der Waals surface area contributed by atoms with Gasteiger partial charge in [-0.15, -0.1) is 0 Å². The van der Waals surface area contributed by atoms with Gasteiger partial charge in [-0.05, 0) is 30.7 Å². The molecule has 4 N–H and O–H groups in total. The van der Waals surface area contributed by atoms with Crippen LogP contribution in [-0.4, -0.2) is 4.98 Å². The van der Waals surface area contributed by atoms with Crippen LogP contribution in [0.5, 0.6) is 0 Å². The molecule has 3 nitrogen and oxygen atoms in total. The minimum Gasteiger partial charge on any atom is -0.397 e. The highest BCUT2D eigenvalue weighted by molar-refractivity contribution is 5.89. The van der Waals surface area contributed by atoms with Crippen molar-refractivity contribution in [3.8, 4) is 0 Å². The summed E-state index contributed by atoms with van der Waals surface area (Å²) in [5.41, 5.74) is 14.3. The average Bonchev–Trinajstić information content (AvgIpc) is 2.17. The third-order valence-corrected chi connectivity index (χ3v) is 2.28.